The van der Waals surface area contributed by atoms with Crippen molar-refractivity contribution in [1.29, 1.82) is 5.26 Å². The van der Waals surface area contributed by atoms with Crippen LogP contribution in [0.25, 0.3) is 0 Å². The third kappa shape index (κ3) is 3.26. The predicted octanol–water partition coefficient (Wildman–Crippen LogP) is 1.38. The summed E-state index contributed by atoms with van der Waals surface area (Å²) in [5.74, 6) is -0.261. The Labute approximate surface area is 114 Å². The zero-order valence-corrected chi connectivity index (χ0v) is 11.0. The molecule has 0 atom stereocenters. The van der Waals surface area contributed by atoms with Crippen molar-refractivity contribution >= 4 is 22.4 Å². The number of amides is 1. The smallest absolute Gasteiger partial charge is 0.282 e. The van der Waals surface area contributed by atoms with Crippen LogP contribution in [0.15, 0.2) is 24.3 Å². The fourth-order valence-electron chi connectivity index (χ4n) is 1.37. The number of nitriles is 1. The maximum Gasteiger partial charge on any atom is 0.282 e. The molecule has 0 saturated heterocycles. The highest BCUT2D eigenvalue weighted by Gasteiger charge is 2.11. The van der Waals surface area contributed by atoms with Crippen LogP contribution < -0.4 is 10.6 Å². The van der Waals surface area contributed by atoms with Gasteiger partial charge < -0.3 is 10.6 Å². The lowest BCUT2D eigenvalue weighted by molar-refractivity contribution is 0.0950. The molecule has 2 aromatic rings. The monoisotopic (exact) mass is 273 g/mol. The topological polar surface area (TPSA) is 90.7 Å². The molecule has 0 unspecified atom stereocenters. The zero-order chi connectivity index (χ0) is 13.7. The van der Waals surface area contributed by atoms with Gasteiger partial charge in [-0.1, -0.05) is 23.5 Å². The van der Waals surface area contributed by atoms with Crippen LogP contribution in [0, 0.1) is 11.3 Å². The molecule has 1 amide bonds. The Morgan fingerprint density at radius 1 is 1.37 bits per heavy atom. The van der Waals surface area contributed by atoms with E-state index in [0.717, 1.165) is 5.56 Å². The van der Waals surface area contributed by atoms with E-state index in [1.165, 1.54) is 11.3 Å². The van der Waals surface area contributed by atoms with Crippen molar-refractivity contribution in [3.63, 3.8) is 0 Å². The fourth-order valence-corrected chi connectivity index (χ4v) is 1.98. The van der Waals surface area contributed by atoms with Gasteiger partial charge in [0.25, 0.3) is 5.91 Å². The Morgan fingerprint density at radius 2 is 2.11 bits per heavy atom. The number of hydrogen-bond acceptors (Lipinski definition) is 6. The number of benzene rings is 1. The summed E-state index contributed by atoms with van der Waals surface area (Å²) in [5.41, 5.74) is 1.52. The number of anilines is 1. The molecule has 1 aromatic carbocycles. The van der Waals surface area contributed by atoms with Crippen LogP contribution in [0.5, 0.6) is 0 Å². The summed E-state index contributed by atoms with van der Waals surface area (Å²) in [5, 5.41) is 22.7. The lowest BCUT2D eigenvalue weighted by atomic mass is 10.1. The van der Waals surface area contributed by atoms with Gasteiger partial charge in [-0.2, -0.15) is 5.26 Å². The average molecular weight is 273 g/mol. The van der Waals surface area contributed by atoms with Crippen molar-refractivity contribution in [2.45, 2.75) is 6.54 Å². The van der Waals surface area contributed by atoms with Gasteiger partial charge in [0.05, 0.1) is 11.6 Å². The molecule has 0 bridgehead atoms. The summed E-state index contributed by atoms with van der Waals surface area (Å²) in [6.07, 6.45) is 0. The number of aromatic nitrogens is 2. The molecule has 2 rings (SSSR count). The van der Waals surface area contributed by atoms with E-state index < -0.39 is 0 Å². The highest BCUT2D eigenvalue weighted by atomic mass is 32.1. The summed E-state index contributed by atoms with van der Waals surface area (Å²) in [7, 11) is 1.72. The molecule has 6 nitrogen and oxygen atoms in total. The van der Waals surface area contributed by atoms with Crippen molar-refractivity contribution in [3.05, 3.63) is 40.4 Å². The van der Waals surface area contributed by atoms with E-state index in [0.29, 0.717) is 22.2 Å². The Bertz CT molecular complexity index is 614. The van der Waals surface area contributed by atoms with Crippen molar-refractivity contribution < 1.29 is 4.79 Å². The molecule has 1 heterocycles. The van der Waals surface area contributed by atoms with Crippen molar-refractivity contribution in [2.75, 3.05) is 12.4 Å². The van der Waals surface area contributed by atoms with E-state index in [4.69, 9.17) is 5.26 Å². The third-order valence-corrected chi connectivity index (χ3v) is 3.31. The molecule has 1 aromatic heterocycles. The zero-order valence-electron chi connectivity index (χ0n) is 10.2. The molecule has 0 aliphatic heterocycles. The quantitative estimate of drug-likeness (QED) is 0.878. The van der Waals surface area contributed by atoms with Gasteiger partial charge in [-0.15, -0.1) is 10.2 Å². The number of carbonyl (C=O) groups excluding carboxylic acids is 1. The van der Waals surface area contributed by atoms with Gasteiger partial charge >= 0.3 is 0 Å². The second-order valence-electron chi connectivity index (χ2n) is 3.65. The summed E-state index contributed by atoms with van der Waals surface area (Å²) >= 11 is 1.19. The summed E-state index contributed by atoms with van der Waals surface area (Å²) in [6, 6.07) is 9.08. The van der Waals surface area contributed by atoms with Gasteiger partial charge in [0, 0.05) is 13.6 Å². The first kappa shape index (κ1) is 13.0. The van der Waals surface area contributed by atoms with Crippen molar-refractivity contribution in [2.24, 2.45) is 0 Å². The van der Waals surface area contributed by atoms with E-state index in [9.17, 15) is 4.79 Å². The van der Waals surface area contributed by atoms with Gasteiger partial charge in [-0.25, -0.2) is 0 Å². The van der Waals surface area contributed by atoms with E-state index >= 15 is 0 Å². The van der Waals surface area contributed by atoms with Gasteiger partial charge in [-0.3, -0.25) is 4.79 Å². The minimum Gasteiger partial charge on any atom is -0.363 e. The Hall–Kier alpha value is -2.46. The molecular weight excluding hydrogens is 262 g/mol. The summed E-state index contributed by atoms with van der Waals surface area (Å²) in [6.45, 7) is 0.388. The first-order chi connectivity index (χ1) is 9.22. The first-order valence-corrected chi connectivity index (χ1v) is 6.33. The molecule has 0 radical (unpaired) electrons. The normalized spacial score (nSPS) is 9.68. The number of hydrogen-bond donors (Lipinski definition) is 2. The van der Waals surface area contributed by atoms with Crippen molar-refractivity contribution in [3.8, 4) is 6.07 Å². The van der Waals surface area contributed by atoms with Gasteiger partial charge in [0.1, 0.15) is 0 Å². The fraction of sp³-hybridized carbons (Fsp3) is 0.167. The highest BCUT2D eigenvalue weighted by molar-refractivity contribution is 7.17. The average Bonchev–Trinajstić information content (AvgIpc) is 2.94. The Kier molecular flexibility index (Phi) is 4.05. The second kappa shape index (κ2) is 5.93. The molecule has 0 aliphatic rings. The van der Waals surface area contributed by atoms with Gasteiger partial charge in [-0.05, 0) is 17.7 Å². The lowest BCUT2D eigenvalue weighted by Gasteiger charge is -2.02. The van der Waals surface area contributed by atoms with Crippen LogP contribution in [0.4, 0.5) is 5.13 Å². The number of rotatable bonds is 4. The maximum atomic E-state index is 11.8. The van der Waals surface area contributed by atoms with E-state index in [1.54, 1.807) is 31.3 Å². The molecule has 0 saturated carbocycles. The minimum absolute atomic E-state index is 0.261. The van der Waals surface area contributed by atoms with E-state index in [2.05, 4.69) is 20.8 Å². The van der Waals surface area contributed by atoms with E-state index in [-0.39, 0.29) is 5.91 Å². The van der Waals surface area contributed by atoms with Crippen LogP contribution in [0.1, 0.15) is 20.9 Å². The van der Waals surface area contributed by atoms with Crippen LogP contribution >= 0.6 is 11.3 Å². The Morgan fingerprint density at radius 3 is 2.68 bits per heavy atom. The minimum atomic E-state index is -0.261. The third-order valence-electron chi connectivity index (χ3n) is 2.37. The SMILES string of the molecule is CNc1nnc(C(=O)NCc2ccc(C#N)cc2)s1. The molecule has 0 spiro atoms. The molecule has 7 heteroatoms. The van der Waals surface area contributed by atoms with E-state index in [1.807, 2.05) is 6.07 Å². The van der Waals surface area contributed by atoms with Crippen LogP contribution in [-0.4, -0.2) is 23.2 Å². The van der Waals surface area contributed by atoms with Crippen molar-refractivity contribution in [1.82, 2.24) is 15.5 Å². The summed E-state index contributed by atoms with van der Waals surface area (Å²) < 4.78 is 0. The van der Waals surface area contributed by atoms with Gasteiger partial charge in [0.2, 0.25) is 10.1 Å². The molecule has 2 N–H and O–H groups in total. The molecule has 19 heavy (non-hydrogen) atoms. The molecule has 0 aliphatic carbocycles. The predicted molar refractivity (Wildman–Crippen MR) is 71.8 cm³/mol. The standard InChI is InChI=1S/C12H11N5OS/c1-14-12-17-16-11(19-12)10(18)15-7-9-4-2-8(6-13)3-5-9/h2-5H,7H2,1H3,(H,14,17)(H,15,18). The molecular formula is C12H11N5OS. The van der Waals surface area contributed by atoms with Crippen LogP contribution in [0.2, 0.25) is 0 Å². The molecule has 96 valence electrons. The number of carbonyl (C=O) groups is 1. The van der Waals surface area contributed by atoms with Crippen LogP contribution in [0.3, 0.4) is 0 Å². The maximum absolute atomic E-state index is 11.8. The second-order valence-corrected chi connectivity index (χ2v) is 4.63. The largest absolute Gasteiger partial charge is 0.363 e. The molecule has 0 fully saturated rings. The number of nitrogens with one attached hydrogen (secondary N) is 2. The highest BCUT2D eigenvalue weighted by Crippen LogP contribution is 2.14. The lowest BCUT2D eigenvalue weighted by Crippen LogP contribution is -2.22. The first-order valence-electron chi connectivity index (χ1n) is 5.51. The van der Waals surface area contributed by atoms with Gasteiger partial charge in [0.15, 0.2) is 0 Å². The van der Waals surface area contributed by atoms with Crippen LogP contribution in [-0.2, 0) is 6.54 Å². The summed E-state index contributed by atoms with van der Waals surface area (Å²) in [4.78, 5) is 11.8. The Balaban J connectivity index is 1.94. The number of nitrogens with zero attached hydrogens (tertiary/aromatic N) is 3.